The second-order valence-electron chi connectivity index (χ2n) is 4.15. The van der Waals surface area contributed by atoms with Crippen LogP contribution in [0.5, 0.6) is 28.7 Å². The van der Waals surface area contributed by atoms with Gasteiger partial charge in [0.2, 0.25) is 5.75 Å². The maximum atomic E-state index is 11.0. The summed E-state index contributed by atoms with van der Waals surface area (Å²) in [5, 5.41) is 0. The molecule has 0 aliphatic carbocycles. The molecular formula is C16H16O5. The molecule has 0 aliphatic heterocycles. The Hall–Kier alpha value is -2.69. The molecule has 0 fully saturated rings. The zero-order chi connectivity index (χ0) is 15.2. The lowest BCUT2D eigenvalue weighted by atomic mass is 10.2. The standard InChI is InChI=1S/C16H16O5/c1-18-12-5-4-6-13(9-12)21-15-8-11(10-17)7-14(19-2)16(15)20-3/h4-10H,1-3H3. The second-order valence-corrected chi connectivity index (χ2v) is 4.15. The molecule has 0 heterocycles. The van der Waals surface area contributed by atoms with Crippen molar-refractivity contribution in [2.75, 3.05) is 21.3 Å². The molecule has 5 heteroatoms. The lowest BCUT2D eigenvalue weighted by Gasteiger charge is -2.14. The third-order valence-corrected chi connectivity index (χ3v) is 2.87. The highest BCUT2D eigenvalue weighted by Crippen LogP contribution is 2.40. The van der Waals surface area contributed by atoms with Gasteiger partial charge >= 0.3 is 0 Å². The van der Waals surface area contributed by atoms with E-state index in [1.54, 1.807) is 37.4 Å². The Bertz CT molecular complexity index is 637. The number of hydrogen-bond acceptors (Lipinski definition) is 5. The predicted molar refractivity (Wildman–Crippen MR) is 78.0 cm³/mol. The number of carbonyl (C=O) groups excluding carboxylic acids is 1. The summed E-state index contributed by atoms with van der Waals surface area (Å²) in [4.78, 5) is 11.0. The molecule has 110 valence electrons. The molecule has 0 unspecified atom stereocenters. The van der Waals surface area contributed by atoms with Gasteiger partial charge in [0.15, 0.2) is 11.5 Å². The van der Waals surface area contributed by atoms with E-state index in [9.17, 15) is 4.79 Å². The van der Waals surface area contributed by atoms with Gasteiger partial charge < -0.3 is 18.9 Å². The zero-order valence-electron chi connectivity index (χ0n) is 12.1. The van der Waals surface area contributed by atoms with Crippen LogP contribution in [0.2, 0.25) is 0 Å². The van der Waals surface area contributed by atoms with E-state index in [1.165, 1.54) is 14.2 Å². The van der Waals surface area contributed by atoms with Crippen LogP contribution < -0.4 is 18.9 Å². The molecule has 2 rings (SSSR count). The van der Waals surface area contributed by atoms with Gasteiger partial charge in [0.05, 0.1) is 21.3 Å². The molecule has 2 aromatic carbocycles. The molecule has 0 N–H and O–H groups in total. The van der Waals surface area contributed by atoms with Crippen LogP contribution in [0.15, 0.2) is 36.4 Å². The summed E-state index contributed by atoms with van der Waals surface area (Å²) >= 11 is 0. The summed E-state index contributed by atoms with van der Waals surface area (Å²) < 4.78 is 21.4. The van der Waals surface area contributed by atoms with Gasteiger partial charge in [-0.05, 0) is 24.3 Å². The number of rotatable bonds is 6. The Morgan fingerprint density at radius 3 is 2.19 bits per heavy atom. The smallest absolute Gasteiger partial charge is 0.203 e. The third-order valence-electron chi connectivity index (χ3n) is 2.87. The molecule has 0 saturated heterocycles. The van der Waals surface area contributed by atoms with Gasteiger partial charge in [-0.2, -0.15) is 0 Å². The summed E-state index contributed by atoms with van der Waals surface area (Å²) in [5.74, 6) is 2.49. The minimum Gasteiger partial charge on any atom is -0.497 e. The van der Waals surface area contributed by atoms with Crippen molar-refractivity contribution in [3.63, 3.8) is 0 Å². The van der Waals surface area contributed by atoms with E-state index in [0.29, 0.717) is 34.3 Å². The van der Waals surface area contributed by atoms with Crippen molar-refractivity contribution in [1.29, 1.82) is 0 Å². The Kier molecular flexibility index (Phi) is 4.66. The van der Waals surface area contributed by atoms with E-state index < -0.39 is 0 Å². The molecule has 0 amide bonds. The van der Waals surface area contributed by atoms with Crippen LogP contribution in [-0.4, -0.2) is 27.6 Å². The summed E-state index contributed by atoms with van der Waals surface area (Å²) in [6.07, 6.45) is 0.723. The van der Waals surface area contributed by atoms with Crippen LogP contribution in [0.3, 0.4) is 0 Å². The number of ether oxygens (including phenoxy) is 4. The van der Waals surface area contributed by atoms with Crippen molar-refractivity contribution in [3.8, 4) is 28.7 Å². The number of hydrogen-bond donors (Lipinski definition) is 0. The van der Waals surface area contributed by atoms with Gasteiger partial charge in [-0.3, -0.25) is 4.79 Å². The highest BCUT2D eigenvalue weighted by molar-refractivity contribution is 5.78. The highest BCUT2D eigenvalue weighted by atomic mass is 16.5. The van der Waals surface area contributed by atoms with Gasteiger partial charge in [-0.25, -0.2) is 0 Å². The van der Waals surface area contributed by atoms with Crippen LogP contribution in [0.4, 0.5) is 0 Å². The van der Waals surface area contributed by atoms with Gasteiger partial charge in [0.25, 0.3) is 0 Å². The molecule has 0 spiro atoms. The number of methoxy groups -OCH3 is 3. The van der Waals surface area contributed by atoms with Crippen LogP contribution >= 0.6 is 0 Å². The van der Waals surface area contributed by atoms with E-state index in [-0.39, 0.29) is 0 Å². The molecule has 21 heavy (non-hydrogen) atoms. The summed E-state index contributed by atoms with van der Waals surface area (Å²) in [6, 6.07) is 10.3. The summed E-state index contributed by atoms with van der Waals surface area (Å²) in [5.41, 5.74) is 0.436. The van der Waals surface area contributed by atoms with Gasteiger partial charge in [0.1, 0.15) is 17.8 Å². The third kappa shape index (κ3) is 3.25. The van der Waals surface area contributed by atoms with Crippen LogP contribution in [0.1, 0.15) is 10.4 Å². The molecule has 0 atom stereocenters. The average Bonchev–Trinajstić information content (AvgIpc) is 2.54. The van der Waals surface area contributed by atoms with Crippen LogP contribution in [0.25, 0.3) is 0 Å². The Labute approximate surface area is 123 Å². The topological polar surface area (TPSA) is 54.0 Å². The van der Waals surface area contributed by atoms with Crippen molar-refractivity contribution in [2.45, 2.75) is 0 Å². The summed E-state index contributed by atoms with van der Waals surface area (Å²) in [6.45, 7) is 0. The summed E-state index contributed by atoms with van der Waals surface area (Å²) in [7, 11) is 4.59. The molecule has 5 nitrogen and oxygen atoms in total. The van der Waals surface area contributed by atoms with Crippen molar-refractivity contribution in [1.82, 2.24) is 0 Å². The maximum Gasteiger partial charge on any atom is 0.203 e. The van der Waals surface area contributed by atoms with Crippen LogP contribution in [0, 0.1) is 0 Å². The Morgan fingerprint density at radius 2 is 1.57 bits per heavy atom. The monoisotopic (exact) mass is 288 g/mol. The maximum absolute atomic E-state index is 11.0. The number of carbonyl (C=O) groups is 1. The van der Waals surface area contributed by atoms with Crippen LogP contribution in [-0.2, 0) is 0 Å². The minimum atomic E-state index is 0.396. The molecule has 0 aromatic heterocycles. The van der Waals surface area contributed by atoms with E-state index in [1.807, 2.05) is 6.07 Å². The molecule has 0 bridgehead atoms. The first-order valence-electron chi connectivity index (χ1n) is 6.25. The number of aldehydes is 1. The normalized spacial score (nSPS) is 9.86. The first-order chi connectivity index (χ1) is 10.2. The van der Waals surface area contributed by atoms with E-state index in [4.69, 9.17) is 18.9 Å². The van der Waals surface area contributed by atoms with Gasteiger partial charge in [-0.15, -0.1) is 0 Å². The Balaban J connectivity index is 2.43. The van der Waals surface area contributed by atoms with E-state index in [0.717, 1.165) is 6.29 Å². The minimum absolute atomic E-state index is 0.396. The molecular weight excluding hydrogens is 272 g/mol. The van der Waals surface area contributed by atoms with Gasteiger partial charge in [0, 0.05) is 11.6 Å². The molecule has 2 aromatic rings. The fraction of sp³-hybridized carbons (Fsp3) is 0.188. The second kappa shape index (κ2) is 6.65. The highest BCUT2D eigenvalue weighted by Gasteiger charge is 2.14. The molecule has 0 radical (unpaired) electrons. The SMILES string of the molecule is COc1cccc(Oc2cc(C=O)cc(OC)c2OC)c1. The zero-order valence-corrected chi connectivity index (χ0v) is 12.1. The van der Waals surface area contributed by atoms with Crippen molar-refractivity contribution >= 4 is 6.29 Å². The number of benzene rings is 2. The lowest BCUT2D eigenvalue weighted by molar-refractivity contribution is 0.112. The quantitative estimate of drug-likeness (QED) is 0.763. The Morgan fingerprint density at radius 1 is 0.857 bits per heavy atom. The lowest BCUT2D eigenvalue weighted by Crippen LogP contribution is -1.96. The van der Waals surface area contributed by atoms with E-state index in [2.05, 4.69) is 0 Å². The van der Waals surface area contributed by atoms with Gasteiger partial charge in [-0.1, -0.05) is 6.07 Å². The fourth-order valence-electron chi connectivity index (χ4n) is 1.89. The van der Waals surface area contributed by atoms with E-state index >= 15 is 0 Å². The largest absolute Gasteiger partial charge is 0.497 e. The first-order valence-corrected chi connectivity index (χ1v) is 6.25. The van der Waals surface area contributed by atoms with Crippen molar-refractivity contribution in [2.24, 2.45) is 0 Å². The first kappa shape index (κ1) is 14.7. The molecule has 0 aliphatic rings. The predicted octanol–water partition coefficient (Wildman–Crippen LogP) is 3.32. The van der Waals surface area contributed by atoms with Crippen molar-refractivity contribution < 1.29 is 23.7 Å². The average molecular weight is 288 g/mol. The fourth-order valence-corrected chi connectivity index (χ4v) is 1.89. The molecule has 0 saturated carbocycles. The van der Waals surface area contributed by atoms with Crippen molar-refractivity contribution in [3.05, 3.63) is 42.0 Å².